The van der Waals surface area contributed by atoms with Crippen LogP contribution in [0.5, 0.6) is 11.5 Å². The van der Waals surface area contributed by atoms with Gasteiger partial charge in [-0.25, -0.2) is 19.0 Å². The summed E-state index contributed by atoms with van der Waals surface area (Å²) in [5.41, 5.74) is 10.0. The summed E-state index contributed by atoms with van der Waals surface area (Å²) >= 11 is 0. The molecule has 0 bridgehead atoms. The van der Waals surface area contributed by atoms with Crippen molar-refractivity contribution in [2.75, 3.05) is 49.9 Å². The molecule has 4 amide bonds. The maximum Gasteiger partial charge on any atom is 0.262 e. The summed E-state index contributed by atoms with van der Waals surface area (Å²) in [7, 11) is 0. The van der Waals surface area contributed by atoms with Crippen molar-refractivity contribution in [3.63, 3.8) is 0 Å². The fourth-order valence-corrected chi connectivity index (χ4v) is 9.43. The summed E-state index contributed by atoms with van der Waals surface area (Å²) in [4.78, 5) is 67.1. The second-order valence-corrected chi connectivity index (χ2v) is 16.1. The second kappa shape index (κ2) is 14.8. The molecule has 3 N–H and O–H groups in total. The van der Waals surface area contributed by atoms with Crippen LogP contribution in [-0.2, 0) is 9.59 Å². The molecule has 5 aliphatic heterocycles. The maximum absolute atomic E-state index is 16.0. The molecule has 10 rings (SSSR count). The SMILES string of the molecule is Nc1ncnc2c1c(-c1ccc(Oc3ccccc3)cc1)nn2C1CCN(C2CCN(C3CN(c4ccc5c(c4)C(=O)N(C4CCC(=O)NC4=O)C5=O)C3)C[C@@H]2F)CC1. The van der Waals surface area contributed by atoms with Gasteiger partial charge in [0, 0.05) is 69.0 Å². The third-order valence-electron chi connectivity index (χ3n) is 12.6. The quantitative estimate of drug-likeness (QED) is 0.215. The van der Waals surface area contributed by atoms with Crippen molar-refractivity contribution in [2.24, 2.45) is 0 Å². The molecule has 15 nitrogen and oxygen atoms in total. The Kier molecular flexibility index (Phi) is 9.32. The third-order valence-corrected chi connectivity index (χ3v) is 12.6. The molecule has 0 radical (unpaired) electrons. The van der Waals surface area contributed by atoms with Crippen LogP contribution in [0.2, 0.25) is 0 Å². The number of nitrogens with two attached hydrogens (primary N) is 1. The fraction of sp³-hybridized carbons (Fsp3) is 0.372. The number of ether oxygens (including phenoxy) is 1. The number of hydrogen-bond donors (Lipinski definition) is 2. The van der Waals surface area contributed by atoms with Crippen LogP contribution in [0.25, 0.3) is 22.3 Å². The van der Waals surface area contributed by atoms with E-state index >= 15 is 4.39 Å². The van der Waals surface area contributed by atoms with Crippen molar-refractivity contribution in [1.29, 1.82) is 0 Å². The van der Waals surface area contributed by atoms with Gasteiger partial charge in [-0.15, -0.1) is 0 Å². The molecule has 0 saturated carbocycles. The molecular formula is C43H43FN10O5. The number of aromatic nitrogens is 4. The number of halogens is 1. The number of carbonyl (C=O) groups excluding carboxylic acids is 4. The topological polar surface area (TPSA) is 172 Å². The van der Waals surface area contributed by atoms with Gasteiger partial charge in [0.05, 0.1) is 22.6 Å². The number of nitrogen functional groups attached to an aromatic ring is 1. The zero-order valence-electron chi connectivity index (χ0n) is 32.2. The van der Waals surface area contributed by atoms with E-state index in [1.54, 1.807) is 12.1 Å². The number of likely N-dealkylation sites (tertiary alicyclic amines) is 2. The standard InChI is InChI=1S/C43H43FN10O5/c44-33-23-51(28-21-52(22-28)27-8-11-31-32(20-27)43(58)53(42(31)57)35-12-13-36(55)48-41(35)56)19-16-34(33)50-17-14-26(15-18-50)54-40-37(39(45)46-24-47-40)38(49-54)25-6-9-30(10-7-25)59-29-4-2-1-3-5-29/h1-11,20,24,26,28,33-35H,12-19,21-23H2,(H2,45,46,47)(H,48,55,56)/t33-,34?,35?/m0/s1. The number of piperidine rings is 3. The fourth-order valence-electron chi connectivity index (χ4n) is 9.43. The number of nitrogens with one attached hydrogen (secondary N) is 1. The third kappa shape index (κ3) is 6.65. The first-order valence-electron chi connectivity index (χ1n) is 20.2. The van der Waals surface area contributed by atoms with Crippen LogP contribution >= 0.6 is 0 Å². The Morgan fingerprint density at radius 3 is 2.24 bits per heavy atom. The Labute approximate surface area is 338 Å². The van der Waals surface area contributed by atoms with Gasteiger partial charge in [0.15, 0.2) is 5.65 Å². The number of fused-ring (bicyclic) bond motifs is 2. The van der Waals surface area contributed by atoms with Crippen molar-refractivity contribution >= 4 is 46.2 Å². The summed E-state index contributed by atoms with van der Waals surface area (Å²) in [5, 5.41) is 8.01. The Bertz CT molecular complexity index is 2470. The van der Waals surface area contributed by atoms with Crippen molar-refractivity contribution in [3.05, 3.63) is 90.3 Å². The van der Waals surface area contributed by atoms with Gasteiger partial charge in [0.25, 0.3) is 11.8 Å². The highest BCUT2D eigenvalue weighted by atomic mass is 19.1. The number of carbonyl (C=O) groups is 4. The van der Waals surface area contributed by atoms with Crippen LogP contribution in [-0.4, -0.2) is 122 Å². The van der Waals surface area contributed by atoms with Gasteiger partial charge in [0.2, 0.25) is 11.8 Å². The summed E-state index contributed by atoms with van der Waals surface area (Å²) in [6.07, 6.45) is 3.00. The number of rotatable bonds is 8. The maximum atomic E-state index is 16.0. The van der Waals surface area contributed by atoms with Crippen LogP contribution in [0, 0.1) is 0 Å². The van der Waals surface area contributed by atoms with E-state index < -0.39 is 35.8 Å². The van der Waals surface area contributed by atoms with E-state index in [4.69, 9.17) is 15.6 Å². The minimum Gasteiger partial charge on any atom is -0.457 e. The number of amides is 4. The molecule has 2 unspecified atom stereocenters. The molecule has 2 aromatic heterocycles. The highest BCUT2D eigenvalue weighted by Crippen LogP contribution is 2.37. The molecule has 3 aromatic carbocycles. The van der Waals surface area contributed by atoms with Gasteiger partial charge < -0.3 is 15.4 Å². The predicted octanol–water partition coefficient (Wildman–Crippen LogP) is 4.21. The molecule has 302 valence electrons. The van der Waals surface area contributed by atoms with Crippen LogP contribution < -0.4 is 20.7 Å². The molecule has 4 saturated heterocycles. The lowest BCUT2D eigenvalue weighted by atomic mass is 9.94. The highest BCUT2D eigenvalue weighted by molar-refractivity contribution is 6.23. The average Bonchev–Trinajstić information content (AvgIpc) is 3.73. The molecule has 5 aromatic rings. The number of benzene rings is 3. The Morgan fingerprint density at radius 2 is 1.49 bits per heavy atom. The summed E-state index contributed by atoms with van der Waals surface area (Å²) in [6, 6.07) is 21.6. The zero-order valence-corrected chi connectivity index (χ0v) is 32.2. The number of nitrogens with zero attached hydrogens (tertiary/aromatic N) is 8. The van der Waals surface area contributed by atoms with Crippen molar-refractivity contribution in [3.8, 4) is 22.8 Å². The monoisotopic (exact) mass is 798 g/mol. The van der Waals surface area contributed by atoms with Gasteiger partial charge in [-0.1, -0.05) is 18.2 Å². The first-order chi connectivity index (χ1) is 28.7. The van der Waals surface area contributed by atoms with Gasteiger partial charge in [-0.05, 0) is 80.3 Å². The van der Waals surface area contributed by atoms with Crippen LogP contribution in [0.3, 0.4) is 0 Å². The van der Waals surface area contributed by atoms with E-state index in [9.17, 15) is 19.2 Å². The van der Waals surface area contributed by atoms with E-state index in [1.807, 2.05) is 65.3 Å². The first-order valence-corrected chi connectivity index (χ1v) is 20.2. The minimum absolute atomic E-state index is 0.0702. The van der Waals surface area contributed by atoms with Crippen molar-refractivity contribution < 1.29 is 28.3 Å². The van der Waals surface area contributed by atoms with Crippen LogP contribution in [0.4, 0.5) is 15.9 Å². The van der Waals surface area contributed by atoms with Gasteiger partial charge in [-0.2, -0.15) is 5.10 Å². The molecule has 5 aliphatic rings. The molecule has 0 spiro atoms. The summed E-state index contributed by atoms with van der Waals surface area (Å²) in [6.45, 7) is 4.01. The first kappa shape index (κ1) is 37.0. The molecule has 0 aliphatic carbocycles. The Morgan fingerprint density at radius 1 is 0.763 bits per heavy atom. The largest absolute Gasteiger partial charge is 0.457 e. The average molecular weight is 799 g/mol. The predicted molar refractivity (Wildman–Crippen MR) is 216 cm³/mol. The number of imide groups is 2. The van der Waals surface area contributed by atoms with Crippen LogP contribution in [0.1, 0.15) is 58.9 Å². The number of anilines is 2. The molecule has 16 heteroatoms. The number of alkyl halides is 1. The Hall–Kier alpha value is -6.26. The lowest BCUT2D eigenvalue weighted by molar-refractivity contribution is -0.136. The van der Waals surface area contributed by atoms with Gasteiger partial charge in [-0.3, -0.25) is 39.2 Å². The zero-order chi connectivity index (χ0) is 40.4. The molecule has 7 heterocycles. The highest BCUT2D eigenvalue weighted by Gasteiger charge is 2.46. The van der Waals surface area contributed by atoms with Gasteiger partial charge in [0.1, 0.15) is 41.6 Å². The number of hydrogen-bond acceptors (Lipinski definition) is 12. The van der Waals surface area contributed by atoms with E-state index in [0.717, 1.165) is 60.8 Å². The lowest BCUT2D eigenvalue weighted by Crippen LogP contribution is -2.64. The van der Waals surface area contributed by atoms with Crippen molar-refractivity contribution in [2.45, 2.75) is 62.4 Å². The summed E-state index contributed by atoms with van der Waals surface area (Å²) in [5.74, 6) is -0.250. The second-order valence-electron chi connectivity index (χ2n) is 16.1. The van der Waals surface area contributed by atoms with Gasteiger partial charge >= 0.3 is 0 Å². The lowest BCUT2D eigenvalue weighted by Gasteiger charge is -2.51. The van der Waals surface area contributed by atoms with Crippen molar-refractivity contribution in [1.82, 2.24) is 39.8 Å². The Balaban J connectivity index is 0.745. The summed E-state index contributed by atoms with van der Waals surface area (Å²) < 4.78 is 24.0. The van der Waals surface area contributed by atoms with E-state index in [-0.39, 0.29) is 42.1 Å². The van der Waals surface area contributed by atoms with Crippen LogP contribution in [0.15, 0.2) is 79.1 Å². The molecule has 3 atom stereocenters. The van der Waals surface area contributed by atoms with E-state index in [1.165, 1.54) is 6.33 Å². The molecule has 4 fully saturated rings. The van der Waals surface area contributed by atoms with E-state index in [0.29, 0.717) is 47.9 Å². The molecular weight excluding hydrogens is 756 g/mol. The smallest absolute Gasteiger partial charge is 0.262 e. The molecule has 59 heavy (non-hydrogen) atoms. The minimum atomic E-state index is -1.00. The number of para-hydroxylation sites is 1. The van der Waals surface area contributed by atoms with E-state index in [2.05, 4.69) is 30.0 Å². The normalized spacial score (nSPS) is 23.4.